The number of rotatable bonds is 3. The van der Waals surface area contributed by atoms with Crippen LogP contribution in [-0.4, -0.2) is 57.0 Å². The maximum Gasteiger partial charge on any atom is 3.00 e. The first kappa shape index (κ1) is 23.7. The molecular formula is C21H30N3Zr. The molecule has 3 aliphatic rings. The summed E-state index contributed by atoms with van der Waals surface area (Å²) in [6.07, 6.45) is 25.1. The van der Waals surface area contributed by atoms with Crippen molar-refractivity contribution < 1.29 is 26.2 Å². The van der Waals surface area contributed by atoms with E-state index in [4.69, 9.17) is 0 Å². The molecule has 0 N–H and O–H groups in total. The van der Waals surface area contributed by atoms with Gasteiger partial charge in [-0.2, -0.15) is 36.5 Å². The Labute approximate surface area is 173 Å². The van der Waals surface area contributed by atoms with Crippen LogP contribution in [0, 0.1) is 18.2 Å². The molecule has 0 heterocycles. The van der Waals surface area contributed by atoms with E-state index in [0.717, 1.165) is 19.3 Å². The SMILES string of the molecule is CN(C)C1=[C-]CC=C1.CN(C)C1=[C-]CC=C1.CN(C)C1=[C-]CC=C1.[Zr+3]. The molecule has 0 saturated heterocycles. The van der Waals surface area contributed by atoms with Gasteiger partial charge in [-0.25, -0.2) is 18.2 Å². The van der Waals surface area contributed by atoms with Crippen LogP contribution in [0.25, 0.3) is 0 Å². The van der Waals surface area contributed by atoms with Gasteiger partial charge in [0.1, 0.15) is 0 Å². The van der Waals surface area contributed by atoms with Crippen LogP contribution in [0.15, 0.2) is 53.5 Å². The molecule has 133 valence electrons. The molecule has 0 spiro atoms. The maximum absolute atomic E-state index is 3.19. The minimum Gasteiger partial charge on any atom is -0.411 e. The van der Waals surface area contributed by atoms with Crippen molar-refractivity contribution in [2.75, 3.05) is 42.3 Å². The Kier molecular flexibility index (Phi) is 12.3. The van der Waals surface area contributed by atoms with Crippen LogP contribution < -0.4 is 0 Å². The van der Waals surface area contributed by atoms with Crippen LogP contribution in [0.3, 0.4) is 0 Å². The number of hydrogen-bond donors (Lipinski definition) is 0. The second-order valence-corrected chi connectivity index (χ2v) is 6.19. The van der Waals surface area contributed by atoms with E-state index in [1.165, 1.54) is 17.1 Å². The van der Waals surface area contributed by atoms with Crippen molar-refractivity contribution in [3.8, 4) is 0 Å². The minimum absolute atomic E-state index is 0. The second kappa shape index (κ2) is 13.0. The largest absolute Gasteiger partial charge is 3.00 e. The minimum atomic E-state index is 0. The molecule has 3 nitrogen and oxygen atoms in total. The van der Waals surface area contributed by atoms with Gasteiger partial charge in [0.25, 0.3) is 0 Å². The zero-order chi connectivity index (χ0) is 17.9. The predicted molar refractivity (Wildman–Crippen MR) is 103 cm³/mol. The summed E-state index contributed by atoms with van der Waals surface area (Å²) in [5.41, 5.74) is 3.60. The third-order valence-electron chi connectivity index (χ3n) is 3.48. The Balaban J connectivity index is 0.000000339. The summed E-state index contributed by atoms with van der Waals surface area (Å²) in [6.45, 7) is 0. The first-order valence-electron chi connectivity index (χ1n) is 8.26. The van der Waals surface area contributed by atoms with E-state index in [9.17, 15) is 0 Å². The van der Waals surface area contributed by atoms with E-state index in [1.807, 2.05) is 42.3 Å². The zero-order valence-electron chi connectivity index (χ0n) is 16.4. The topological polar surface area (TPSA) is 9.72 Å². The molecular weight excluding hydrogens is 385 g/mol. The van der Waals surface area contributed by atoms with E-state index in [2.05, 4.69) is 69.4 Å². The van der Waals surface area contributed by atoms with Gasteiger partial charge >= 0.3 is 26.2 Å². The quantitative estimate of drug-likeness (QED) is 0.652. The molecule has 0 amide bonds. The monoisotopic (exact) mass is 414 g/mol. The van der Waals surface area contributed by atoms with E-state index in [-0.39, 0.29) is 26.2 Å². The van der Waals surface area contributed by atoms with Gasteiger partial charge in [-0.3, -0.25) is 0 Å². The normalized spacial score (nSPS) is 15.8. The molecule has 0 bridgehead atoms. The average molecular weight is 416 g/mol. The van der Waals surface area contributed by atoms with Gasteiger partial charge in [0.2, 0.25) is 0 Å². The molecule has 0 aliphatic heterocycles. The Morgan fingerprint density at radius 1 is 0.560 bits per heavy atom. The third kappa shape index (κ3) is 9.70. The van der Waals surface area contributed by atoms with Gasteiger partial charge in [0.15, 0.2) is 0 Å². The Morgan fingerprint density at radius 3 is 0.880 bits per heavy atom. The number of allylic oxidation sites excluding steroid dienone is 9. The molecule has 0 aromatic heterocycles. The number of hydrogen-bond acceptors (Lipinski definition) is 3. The molecule has 0 aromatic rings. The van der Waals surface area contributed by atoms with Crippen molar-refractivity contribution in [2.24, 2.45) is 0 Å². The summed E-state index contributed by atoms with van der Waals surface area (Å²) in [5, 5.41) is 0. The molecule has 0 saturated carbocycles. The van der Waals surface area contributed by atoms with Crippen LogP contribution in [0.1, 0.15) is 19.3 Å². The van der Waals surface area contributed by atoms with Crippen molar-refractivity contribution in [2.45, 2.75) is 19.3 Å². The van der Waals surface area contributed by atoms with E-state index < -0.39 is 0 Å². The van der Waals surface area contributed by atoms with Crippen LogP contribution in [0.5, 0.6) is 0 Å². The van der Waals surface area contributed by atoms with Crippen molar-refractivity contribution in [3.05, 3.63) is 71.8 Å². The maximum atomic E-state index is 3.19. The fraction of sp³-hybridized carbons (Fsp3) is 0.429. The molecule has 0 fully saturated rings. The van der Waals surface area contributed by atoms with Crippen molar-refractivity contribution in [1.82, 2.24) is 14.7 Å². The van der Waals surface area contributed by atoms with E-state index >= 15 is 0 Å². The predicted octanol–water partition coefficient (Wildman–Crippen LogP) is 3.58. The van der Waals surface area contributed by atoms with E-state index in [1.54, 1.807) is 0 Å². The Hall–Kier alpha value is -1.28. The van der Waals surface area contributed by atoms with E-state index in [0.29, 0.717) is 0 Å². The summed E-state index contributed by atoms with van der Waals surface area (Å²) >= 11 is 0. The van der Waals surface area contributed by atoms with Crippen LogP contribution >= 0.6 is 0 Å². The van der Waals surface area contributed by atoms with Gasteiger partial charge in [-0.1, -0.05) is 0 Å². The molecule has 0 atom stereocenters. The molecule has 0 aromatic carbocycles. The molecule has 1 radical (unpaired) electrons. The molecule has 3 aliphatic carbocycles. The fourth-order valence-electron chi connectivity index (χ4n) is 2.10. The fourth-order valence-corrected chi connectivity index (χ4v) is 2.10. The smallest absolute Gasteiger partial charge is 0.411 e. The average Bonchev–Trinajstić information content (AvgIpc) is 3.29. The van der Waals surface area contributed by atoms with Gasteiger partial charge in [0, 0.05) is 42.3 Å². The summed E-state index contributed by atoms with van der Waals surface area (Å²) in [7, 11) is 12.2. The van der Waals surface area contributed by atoms with Crippen LogP contribution in [0.4, 0.5) is 0 Å². The molecule has 3 rings (SSSR count). The summed E-state index contributed by atoms with van der Waals surface area (Å²) < 4.78 is 0. The molecule has 0 unspecified atom stereocenters. The standard InChI is InChI=1S/3C7H10N.Zr/c3*1-8(2)7-5-3-4-6-7;/h3*3,5H,4H2,1-2H3;/q3*-1;+3. The van der Waals surface area contributed by atoms with Gasteiger partial charge < -0.3 is 14.7 Å². The summed E-state index contributed by atoms with van der Waals surface area (Å²) in [6, 6.07) is 0. The zero-order valence-corrected chi connectivity index (χ0v) is 18.9. The number of likely N-dealkylation sites (N-methyl/N-ethyl adjacent to an activating group) is 3. The molecule has 25 heavy (non-hydrogen) atoms. The van der Waals surface area contributed by atoms with Crippen molar-refractivity contribution in [1.29, 1.82) is 0 Å². The van der Waals surface area contributed by atoms with Gasteiger partial charge in [-0.15, -0.1) is 36.4 Å². The van der Waals surface area contributed by atoms with Crippen molar-refractivity contribution in [3.63, 3.8) is 0 Å². The number of nitrogens with zero attached hydrogens (tertiary/aromatic N) is 3. The van der Waals surface area contributed by atoms with Gasteiger partial charge in [-0.05, 0) is 0 Å². The van der Waals surface area contributed by atoms with Crippen LogP contribution in [0.2, 0.25) is 0 Å². The van der Waals surface area contributed by atoms with Crippen LogP contribution in [-0.2, 0) is 26.2 Å². The summed E-state index contributed by atoms with van der Waals surface area (Å²) in [5.74, 6) is 0. The Bertz CT molecular complexity index is 481. The van der Waals surface area contributed by atoms with Gasteiger partial charge in [0.05, 0.1) is 0 Å². The summed E-state index contributed by atoms with van der Waals surface area (Å²) in [4.78, 5) is 6.18. The van der Waals surface area contributed by atoms with Crippen molar-refractivity contribution >= 4 is 0 Å². The second-order valence-electron chi connectivity index (χ2n) is 6.19. The molecule has 4 heteroatoms. The Morgan fingerprint density at radius 2 is 0.800 bits per heavy atom. The third-order valence-corrected chi connectivity index (χ3v) is 3.48. The first-order valence-corrected chi connectivity index (χ1v) is 8.26. The first-order chi connectivity index (χ1) is 11.4.